The van der Waals surface area contributed by atoms with Crippen LogP contribution in [0.3, 0.4) is 0 Å². The molecule has 7 heteroatoms. The largest absolute Gasteiger partial charge is 0.375 e. The molecule has 1 aromatic heterocycles. The average molecular weight is 274 g/mol. The molecule has 0 aromatic carbocycles. The Hall–Kier alpha value is -1.37. The van der Waals surface area contributed by atoms with Gasteiger partial charge in [-0.2, -0.15) is 4.98 Å². The van der Waals surface area contributed by atoms with E-state index in [1.165, 1.54) is 0 Å². The summed E-state index contributed by atoms with van der Waals surface area (Å²) in [7, 11) is 0. The number of halogens is 2. The molecule has 0 amide bonds. The molecule has 0 spiro atoms. The Morgan fingerprint density at radius 1 is 1.42 bits per heavy atom. The molecule has 2 rings (SSSR count). The molecule has 0 aliphatic heterocycles. The third-order valence-electron chi connectivity index (χ3n) is 3.05. The third-order valence-corrected chi connectivity index (χ3v) is 3.05. The van der Waals surface area contributed by atoms with E-state index in [1.54, 1.807) is 0 Å². The first-order valence-corrected chi connectivity index (χ1v) is 6.38. The summed E-state index contributed by atoms with van der Waals surface area (Å²) in [4.78, 5) is 15.8. The van der Waals surface area contributed by atoms with Gasteiger partial charge in [0, 0.05) is 12.8 Å². The molecule has 0 bridgehead atoms. The molecule has 1 aliphatic carbocycles. The van der Waals surface area contributed by atoms with Crippen LogP contribution in [0.4, 0.5) is 8.78 Å². The van der Waals surface area contributed by atoms with E-state index >= 15 is 0 Å². The molecule has 5 nitrogen and oxygen atoms in total. The number of hydrogen-bond acceptors (Lipinski definition) is 5. The van der Waals surface area contributed by atoms with Crippen LogP contribution in [0.2, 0.25) is 0 Å². The van der Waals surface area contributed by atoms with Gasteiger partial charge >= 0.3 is 0 Å². The van der Waals surface area contributed by atoms with Crippen molar-refractivity contribution in [2.45, 2.75) is 44.4 Å². The van der Waals surface area contributed by atoms with Crippen LogP contribution in [-0.4, -0.2) is 35.6 Å². The maximum absolute atomic E-state index is 11.8. The highest BCUT2D eigenvalue weighted by Crippen LogP contribution is 2.28. The SMILES string of the molecule is O=C1CCCCC1c1nc(CCOCC(F)F)no1. The number of ether oxygens (including phenoxy) is 1. The van der Waals surface area contributed by atoms with Crippen molar-refractivity contribution in [1.29, 1.82) is 0 Å². The Kier molecular flexibility index (Phi) is 4.95. The van der Waals surface area contributed by atoms with E-state index in [0.29, 0.717) is 24.6 Å². The standard InChI is InChI=1S/C12H16F2N2O3/c13-10(14)7-18-6-5-11-15-12(19-16-11)8-3-1-2-4-9(8)17/h8,10H,1-7H2. The lowest BCUT2D eigenvalue weighted by Crippen LogP contribution is -2.17. The van der Waals surface area contributed by atoms with E-state index in [-0.39, 0.29) is 18.3 Å². The smallest absolute Gasteiger partial charge is 0.261 e. The van der Waals surface area contributed by atoms with E-state index < -0.39 is 13.0 Å². The van der Waals surface area contributed by atoms with Gasteiger partial charge in [0.25, 0.3) is 6.43 Å². The van der Waals surface area contributed by atoms with Crippen LogP contribution in [0.15, 0.2) is 4.52 Å². The second-order valence-corrected chi connectivity index (χ2v) is 4.53. The Bertz CT molecular complexity index is 423. The fourth-order valence-electron chi connectivity index (χ4n) is 2.09. The maximum atomic E-state index is 11.8. The zero-order valence-electron chi connectivity index (χ0n) is 10.5. The zero-order valence-corrected chi connectivity index (χ0v) is 10.5. The van der Waals surface area contributed by atoms with Crippen LogP contribution in [0, 0.1) is 0 Å². The molecule has 1 aliphatic rings. The Labute approximate surface area is 109 Å². The third kappa shape index (κ3) is 4.05. The highest BCUT2D eigenvalue weighted by Gasteiger charge is 2.28. The second kappa shape index (κ2) is 6.70. The minimum Gasteiger partial charge on any atom is -0.375 e. The molecular formula is C12H16F2N2O3. The first-order valence-electron chi connectivity index (χ1n) is 6.38. The minimum absolute atomic E-state index is 0.113. The molecule has 1 fully saturated rings. The molecule has 19 heavy (non-hydrogen) atoms. The van der Waals surface area contributed by atoms with Gasteiger partial charge in [-0.25, -0.2) is 8.78 Å². The number of aromatic nitrogens is 2. The van der Waals surface area contributed by atoms with Crippen molar-refractivity contribution in [1.82, 2.24) is 10.1 Å². The summed E-state index contributed by atoms with van der Waals surface area (Å²) >= 11 is 0. The summed E-state index contributed by atoms with van der Waals surface area (Å²) in [5.41, 5.74) is 0. The number of carbonyl (C=O) groups excluding carboxylic acids is 1. The molecule has 1 heterocycles. The topological polar surface area (TPSA) is 65.2 Å². The number of hydrogen-bond donors (Lipinski definition) is 0. The van der Waals surface area contributed by atoms with Gasteiger partial charge in [-0.3, -0.25) is 4.79 Å². The summed E-state index contributed by atoms with van der Waals surface area (Å²) < 4.78 is 33.5. The molecule has 0 saturated heterocycles. The predicted molar refractivity (Wildman–Crippen MR) is 61.0 cm³/mol. The second-order valence-electron chi connectivity index (χ2n) is 4.53. The van der Waals surface area contributed by atoms with E-state index in [0.717, 1.165) is 19.3 Å². The van der Waals surface area contributed by atoms with Crippen molar-refractivity contribution in [2.75, 3.05) is 13.2 Å². The van der Waals surface area contributed by atoms with Crippen molar-refractivity contribution >= 4 is 5.78 Å². The van der Waals surface area contributed by atoms with Gasteiger partial charge in [-0.1, -0.05) is 11.6 Å². The number of Topliss-reactive ketones (excluding diaryl/α,β-unsaturated/α-hetero) is 1. The fraction of sp³-hybridized carbons (Fsp3) is 0.750. The number of alkyl halides is 2. The first kappa shape index (κ1) is 14.0. The van der Waals surface area contributed by atoms with Crippen LogP contribution >= 0.6 is 0 Å². The van der Waals surface area contributed by atoms with Gasteiger partial charge in [0.15, 0.2) is 5.82 Å². The van der Waals surface area contributed by atoms with Crippen molar-refractivity contribution in [3.8, 4) is 0 Å². The highest BCUT2D eigenvalue weighted by molar-refractivity contribution is 5.85. The molecular weight excluding hydrogens is 258 g/mol. The summed E-state index contributed by atoms with van der Waals surface area (Å²) in [5, 5.41) is 3.74. The molecule has 1 atom stereocenters. The lowest BCUT2D eigenvalue weighted by atomic mass is 9.88. The summed E-state index contributed by atoms with van der Waals surface area (Å²) in [6.45, 7) is -0.478. The van der Waals surface area contributed by atoms with Gasteiger partial charge in [0.1, 0.15) is 12.4 Å². The monoisotopic (exact) mass is 274 g/mol. The quantitative estimate of drug-likeness (QED) is 0.743. The number of rotatable bonds is 6. The molecule has 1 saturated carbocycles. The van der Waals surface area contributed by atoms with Gasteiger partial charge < -0.3 is 9.26 Å². The van der Waals surface area contributed by atoms with Crippen LogP contribution < -0.4 is 0 Å². The lowest BCUT2D eigenvalue weighted by Gasteiger charge is -2.16. The highest BCUT2D eigenvalue weighted by atomic mass is 19.3. The maximum Gasteiger partial charge on any atom is 0.261 e. The van der Waals surface area contributed by atoms with Gasteiger partial charge in [0.05, 0.1) is 12.5 Å². The average Bonchev–Trinajstić information content (AvgIpc) is 2.83. The summed E-state index contributed by atoms with van der Waals surface area (Å²) in [6, 6.07) is 0. The van der Waals surface area contributed by atoms with Crippen LogP contribution in [0.25, 0.3) is 0 Å². The van der Waals surface area contributed by atoms with E-state index in [2.05, 4.69) is 10.1 Å². The zero-order chi connectivity index (χ0) is 13.7. The minimum atomic E-state index is -2.47. The predicted octanol–water partition coefficient (Wildman–Crippen LogP) is 2.12. The Balaban J connectivity index is 1.83. The number of nitrogens with zero attached hydrogens (tertiary/aromatic N) is 2. The van der Waals surface area contributed by atoms with Crippen molar-refractivity contribution in [3.05, 3.63) is 11.7 Å². The Morgan fingerprint density at radius 3 is 3.00 bits per heavy atom. The molecule has 1 unspecified atom stereocenters. The molecule has 0 radical (unpaired) electrons. The summed E-state index contributed by atoms with van der Waals surface area (Å²) in [5.74, 6) is 0.573. The van der Waals surface area contributed by atoms with Crippen LogP contribution in [0.5, 0.6) is 0 Å². The van der Waals surface area contributed by atoms with E-state index in [9.17, 15) is 13.6 Å². The lowest BCUT2D eigenvalue weighted by molar-refractivity contribution is -0.122. The van der Waals surface area contributed by atoms with Crippen molar-refractivity contribution in [2.24, 2.45) is 0 Å². The molecule has 0 N–H and O–H groups in total. The van der Waals surface area contributed by atoms with Crippen LogP contribution in [0.1, 0.15) is 43.3 Å². The normalized spacial score (nSPS) is 20.2. The number of carbonyl (C=O) groups is 1. The summed E-state index contributed by atoms with van der Waals surface area (Å²) in [6.07, 6.45) is 1.02. The van der Waals surface area contributed by atoms with E-state index in [4.69, 9.17) is 9.26 Å². The van der Waals surface area contributed by atoms with Gasteiger partial charge in [-0.15, -0.1) is 0 Å². The van der Waals surface area contributed by atoms with Crippen LogP contribution in [-0.2, 0) is 16.0 Å². The van der Waals surface area contributed by atoms with Crippen molar-refractivity contribution in [3.63, 3.8) is 0 Å². The molecule has 106 valence electrons. The van der Waals surface area contributed by atoms with Gasteiger partial charge in [-0.05, 0) is 12.8 Å². The number of ketones is 1. The molecule has 1 aromatic rings. The fourth-order valence-corrected chi connectivity index (χ4v) is 2.09. The van der Waals surface area contributed by atoms with Gasteiger partial charge in [0.2, 0.25) is 5.89 Å². The Morgan fingerprint density at radius 2 is 2.26 bits per heavy atom. The first-order chi connectivity index (χ1) is 9.16. The van der Waals surface area contributed by atoms with Crippen molar-refractivity contribution < 1.29 is 22.8 Å². The van der Waals surface area contributed by atoms with E-state index in [1.807, 2.05) is 0 Å².